The Bertz CT molecular complexity index is 937. The second-order valence-corrected chi connectivity index (χ2v) is 7.76. The number of rotatable bonds is 5. The fourth-order valence-corrected chi connectivity index (χ4v) is 4.40. The lowest BCUT2D eigenvalue weighted by Crippen LogP contribution is -2.34. The molecule has 0 fully saturated rings. The molecular weight excluding hydrogens is 330 g/mol. The predicted octanol–water partition coefficient (Wildman–Crippen LogP) is 5.81. The number of carbonyl (C=O) groups excluding carboxylic acids is 1. The molecule has 0 amide bonds. The molecular formula is C25H29NO. The fourth-order valence-electron chi connectivity index (χ4n) is 4.40. The van der Waals surface area contributed by atoms with E-state index in [-0.39, 0.29) is 5.78 Å². The first-order valence-corrected chi connectivity index (χ1v) is 9.53. The summed E-state index contributed by atoms with van der Waals surface area (Å²) in [5, 5.41) is 0. The number of Topliss-reactive ketones (excluding diaryl/α,β-unsaturated/α-hetero) is 1. The number of hydrogen-bond acceptors (Lipinski definition) is 2. The van der Waals surface area contributed by atoms with Gasteiger partial charge >= 0.3 is 0 Å². The molecule has 0 saturated carbocycles. The zero-order valence-electron chi connectivity index (χ0n) is 17.1. The van der Waals surface area contributed by atoms with Crippen LogP contribution in [0, 0.1) is 20.8 Å². The van der Waals surface area contributed by atoms with Gasteiger partial charge in [0.05, 0.1) is 5.41 Å². The van der Waals surface area contributed by atoms with E-state index in [9.17, 15) is 4.79 Å². The van der Waals surface area contributed by atoms with Crippen molar-refractivity contribution in [2.45, 2.75) is 46.0 Å². The number of allylic oxidation sites excluding steroid dienone is 3. The maximum Gasteiger partial charge on any atom is 0.141 e. The van der Waals surface area contributed by atoms with Crippen LogP contribution in [0.15, 0.2) is 66.4 Å². The van der Waals surface area contributed by atoms with Crippen molar-refractivity contribution in [2.75, 3.05) is 11.9 Å². The van der Waals surface area contributed by atoms with Crippen molar-refractivity contribution < 1.29 is 4.79 Å². The second-order valence-electron chi connectivity index (χ2n) is 7.76. The van der Waals surface area contributed by atoms with E-state index in [0.717, 1.165) is 11.1 Å². The zero-order chi connectivity index (χ0) is 19.8. The Kier molecular flexibility index (Phi) is 5.10. The van der Waals surface area contributed by atoms with Gasteiger partial charge in [-0.1, -0.05) is 49.1 Å². The molecule has 27 heavy (non-hydrogen) atoms. The van der Waals surface area contributed by atoms with E-state index in [1.54, 1.807) is 6.92 Å². The van der Waals surface area contributed by atoms with Gasteiger partial charge in [-0.2, -0.15) is 0 Å². The van der Waals surface area contributed by atoms with Gasteiger partial charge in [-0.15, -0.1) is 0 Å². The number of aryl methyl sites for hydroxylation is 2. The number of para-hydroxylation sites is 1. The lowest BCUT2D eigenvalue weighted by molar-refractivity contribution is -0.122. The Hall–Kier alpha value is -2.61. The Morgan fingerprint density at radius 3 is 2.33 bits per heavy atom. The highest BCUT2D eigenvalue weighted by molar-refractivity contribution is 5.91. The van der Waals surface area contributed by atoms with Crippen molar-refractivity contribution in [1.82, 2.24) is 0 Å². The highest BCUT2D eigenvalue weighted by atomic mass is 16.1. The predicted molar refractivity (Wildman–Crippen MR) is 114 cm³/mol. The summed E-state index contributed by atoms with van der Waals surface area (Å²) in [6.45, 7) is 12.2. The van der Waals surface area contributed by atoms with Gasteiger partial charge in [-0.3, -0.25) is 4.79 Å². The third-order valence-electron chi connectivity index (χ3n) is 6.25. The van der Waals surface area contributed by atoms with Crippen LogP contribution < -0.4 is 4.90 Å². The molecule has 2 aromatic carbocycles. The maximum absolute atomic E-state index is 13.0. The molecule has 2 heteroatoms. The van der Waals surface area contributed by atoms with Crippen molar-refractivity contribution in [3.05, 3.63) is 88.6 Å². The normalized spacial score (nSPS) is 19.3. The summed E-state index contributed by atoms with van der Waals surface area (Å²) < 4.78 is 0. The molecule has 0 heterocycles. The minimum atomic E-state index is -0.508. The molecule has 0 unspecified atom stereocenters. The van der Waals surface area contributed by atoms with Crippen LogP contribution in [0.2, 0.25) is 0 Å². The van der Waals surface area contributed by atoms with Crippen molar-refractivity contribution >= 4 is 11.5 Å². The number of carbonyl (C=O) groups is 1. The second kappa shape index (κ2) is 7.19. The molecule has 1 aliphatic carbocycles. The Balaban J connectivity index is 2.10. The summed E-state index contributed by atoms with van der Waals surface area (Å²) >= 11 is 0. The minimum absolute atomic E-state index is 0.226. The molecule has 3 rings (SSSR count). The van der Waals surface area contributed by atoms with E-state index in [1.165, 1.54) is 28.1 Å². The Labute approximate surface area is 163 Å². The lowest BCUT2D eigenvalue weighted by Gasteiger charge is -2.31. The highest BCUT2D eigenvalue weighted by Crippen LogP contribution is 2.48. The van der Waals surface area contributed by atoms with Gasteiger partial charge in [0, 0.05) is 24.9 Å². The van der Waals surface area contributed by atoms with Crippen LogP contribution >= 0.6 is 0 Å². The van der Waals surface area contributed by atoms with E-state index in [2.05, 4.69) is 81.8 Å². The van der Waals surface area contributed by atoms with E-state index in [0.29, 0.717) is 12.8 Å². The average molecular weight is 360 g/mol. The number of hydrogen-bond donors (Lipinski definition) is 0. The summed E-state index contributed by atoms with van der Waals surface area (Å²) in [4.78, 5) is 15.2. The quantitative estimate of drug-likeness (QED) is 0.671. The fraction of sp³-hybridized carbons (Fsp3) is 0.320. The lowest BCUT2D eigenvalue weighted by atomic mass is 9.72. The van der Waals surface area contributed by atoms with Gasteiger partial charge in [-0.05, 0) is 68.0 Å². The largest absolute Gasteiger partial charge is 0.348 e. The van der Waals surface area contributed by atoms with Gasteiger partial charge in [-0.25, -0.2) is 0 Å². The Morgan fingerprint density at radius 2 is 1.70 bits per heavy atom. The molecule has 1 atom stereocenters. The molecule has 1 aliphatic rings. The molecule has 0 spiro atoms. The van der Waals surface area contributed by atoms with Crippen LogP contribution in [-0.2, 0) is 10.2 Å². The van der Waals surface area contributed by atoms with E-state index < -0.39 is 5.41 Å². The van der Waals surface area contributed by atoms with E-state index >= 15 is 0 Å². The summed E-state index contributed by atoms with van der Waals surface area (Å²) in [6.07, 6.45) is 3.35. The zero-order valence-corrected chi connectivity index (χ0v) is 17.1. The van der Waals surface area contributed by atoms with Gasteiger partial charge in [0.25, 0.3) is 0 Å². The number of anilines is 1. The van der Waals surface area contributed by atoms with Crippen LogP contribution in [0.3, 0.4) is 0 Å². The first-order valence-electron chi connectivity index (χ1n) is 9.53. The molecule has 0 aliphatic heterocycles. The van der Waals surface area contributed by atoms with Gasteiger partial charge in [0.2, 0.25) is 0 Å². The molecule has 0 aromatic heterocycles. The van der Waals surface area contributed by atoms with Crippen molar-refractivity contribution in [2.24, 2.45) is 0 Å². The van der Waals surface area contributed by atoms with E-state index in [4.69, 9.17) is 0 Å². The van der Waals surface area contributed by atoms with Crippen LogP contribution in [0.5, 0.6) is 0 Å². The van der Waals surface area contributed by atoms with E-state index in [1.807, 2.05) is 6.08 Å². The standard InChI is InChI=1S/C25H29NO/c1-7-21-15-25(20(5)27,22-13-10-12-17(2)19(22)4)16-24(21)26(6)23-14-9-8-11-18(23)3/h7-14H,1,15-16H2,2-6H3/t25-/m1/s1. The summed E-state index contributed by atoms with van der Waals surface area (Å²) in [5.41, 5.74) is 7.85. The third-order valence-corrected chi connectivity index (χ3v) is 6.25. The molecule has 0 saturated heterocycles. The van der Waals surface area contributed by atoms with Gasteiger partial charge in [0.1, 0.15) is 5.78 Å². The Morgan fingerprint density at radius 1 is 1.04 bits per heavy atom. The smallest absolute Gasteiger partial charge is 0.141 e. The molecule has 2 aromatic rings. The first-order chi connectivity index (χ1) is 12.8. The van der Waals surface area contributed by atoms with Crippen LogP contribution in [0.1, 0.15) is 42.0 Å². The number of benzene rings is 2. The van der Waals surface area contributed by atoms with Crippen LogP contribution in [0.4, 0.5) is 5.69 Å². The molecule has 140 valence electrons. The summed E-state index contributed by atoms with van der Waals surface area (Å²) in [6, 6.07) is 14.7. The summed E-state index contributed by atoms with van der Waals surface area (Å²) in [7, 11) is 2.10. The van der Waals surface area contributed by atoms with Crippen LogP contribution in [0.25, 0.3) is 0 Å². The highest BCUT2D eigenvalue weighted by Gasteiger charge is 2.45. The van der Waals surface area contributed by atoms with Crippen molar-refractivity contribution in [3.63, 3.8) is 0 Å². The molecule has 0 radical (unpaired) electrons. The molecule has 2 nitrogen and oxygen atoms in total. The van der Waals surface area contributed by atoms with Crippen molar-refractivity contribution in [1.29, 1.82) is 0 Å². The SMILES string of the molecule is C=CC1=C(N(C)c2ccccc2C)C[C@](C(C)=O)(c2cccc(C)c2C)C1. The van der Waals surface area contributed by atoms with Crippen molar-refractivity contribution in [3.8, 4) is 0 Å². The van der Waals surface area contributed by atoms with Gasteiger partial charge < -0.3 is 4.90 Å². The topological polar surface area (TPSA) is 20.3 Å². The first kappa shape index (κ1) is 19.2. The third kappa shape index (κ3) is 3.14. The average Bonchev–Trinajstić information content (AvgIpc) is 3.05. The van der Waals surface area contributed by atoms with Crippen LogP contribution in [-0.4, -0.2) is 12.8 Å². The van der Waals surface area contributed by atoms with Gasteiger partial charge in [0.15, 0.2) is 0 Å². The molecule has 0 N–H and O–H groups in total. The molecule has 0 bridgehead atoms. The minimum Gasteiger partial charge on any atom is -0.348 e. The number of ketones is 1. The summed E-state index contributed by atoms with van der Waals surface area (Å²) in [5.74, 6) is 0.226. The number of nitrogens with zero attached hydrogens (tertiary/aromatic N) is 1. The maximum atomic E-state index is 13.0. The monoisotopic (exact) mass is 359 g/mol.